The van der Waals surface area contributed by atoms with E-state index >= 15 is 0 Å². The highest BCUT2D eigenvalue weighted by Crippen LogP contribution is 2.29. The van der Waals surface area contributed by atoms with Gasteiger partial charge in [0.25, 0.3) is 10.0 Å². The van der Waals surface area contributed by atoms with Gasteiger partial charge in [0.15, 0.2) is 0 Å². The first-order chi connectivity index (χ1) is 19.0. The second kappa shape index (κ2) is 13.9. The molecule has 3 aromatic rings. The Bertz CT molecular complexity index is 1410. The van der Waals surface area contributed by atoms with Gasteiger partial charge in [-0.15, -0.1) is 0 Å². The van der Waals surface area contributed by atoms with Crippen LogP contribution in [-0.4, -0.2) is 51.4 Å². The van der Waals surface area contributed by atoms with E-state index in [0.717, 1.165) is 9.87 Å². The molecular formula is C29H33Cl2N3O5S. The van der Waals surface area contributed by atoms with Crippen LogP contribution in [0.5, 0.6) is 5.75 Å². The van der Waals surface area contributed by atoms with Gasteiger partial charge in [-0.2, -0.15) is 0 Å². The standard InChI is InChI=1S/C29H33Cl2N3O5S/c1-5-27(29(36)32-4)33(18-24-25(30)8-7-9-26(24)31)28(35)19-34(21-12-10-20(3)11-13-21)40(37,38)23-16-14-22(15-17-23)39-6-2/h7-17,27H,5-6,18-19H2,1-4H3,(H,32,36)/t27-/m0/s1. The van der Waals surface area contributed by atoms with Crippen molar-refractivity contribution in [3.05, 3.63) is 87.9 Å². The van der Waals surface area contributed by atoms with Gasteiger partial charge in [0.2, 0.25) is 11.8 Å². The van der Waals surface area contributed by atoms with Crippen LogP contribution in [0.4, 0.5) is 5.69 Å². The maximum Gasteiger partial charge on any atom is 0.264 e. The van der Waals surface area contributed by atoms with Crippen LogP contribution in [0.3, 0.4) is 0 Å². The second-order valence-corrected chi connectivity index (χ2v) is 11.7. The molecule has 0 spiro atoms. The minimum Gasteiger partial charge on any atom is -0.494 e. The summed E-state index contributed by atoms with van der Waals surface area (Å²) in [7, 11) is -2.72. The highest BCUT2D eigenvalue weighted by Gasteiger charge is 2.34. The highest BCUT2D eigenvalue weighted by molar-refractivity contribution is 7.92. The topological polar surface area (TPSA) is 96.0 Å². The number of hydrogen-bond donors (Lipinski definition) is 1. The molecule has 2 amide bonds. The number of amides is 2. The number of hydrogen-bond acceptors (Lipinski definition) is 5. The Morgan fingerprint density at radius 1 is 0.950 bits per heavy atom. The van der Waals surface area contributed by atoms with Crippen molar-refractivity contribution in [2.75, 3.05) is 24.5 Å². The molecule has 0 radical (unpaired) electrons. The van der Waals surface area contributed by atoms with Crippen molar-refractivity contribution in [2.45, 2.75) is 44.7 Å². The fourth-order valence-electron chi connectivity index (χ4n) is 4.18. The summed E-state index contributed by atoms with van der Waals surface area (Å²) in [5.41, 5.74) is 1.68. The zero-order valence-corrected chi connectivity index (χ0v) is 25.2. The van der Waals surface area contributed by atoms with E-state index in [1.807, 2.05) is 13.8 Å². The maximum atomic E-state index is 14.0. The molecule has 1 atom stereocenters. The summed E-state index contributed by atoms with van der Waals surface area (Å²) in [4.78, 5) is 28.1. The number of nitrogens with one attached hydrogen (secondary N) is 1. The largest absolute Gasteiger partial charge is 0.494 e. The summed E-state index contributed by atoms with van der Waals surface area (Å²) >= 11 is 12.8. The minimum absolute atomic E-state index is 0.0108. The maximum absolute atomic E-state index is 14.0. The van der Waals surface area contributed by atoms with Crippen molar-refractivity contribution in [3.8, 4) is 5.75 Å². The van der Waals surface area contributed by atoms with Gasteiger partial charge in [-0.1, -0.05) is 53.9 Å². The molecular weight excluding hydrogens is 573 g/mol. The number of halogens is 2. The lowest BCUT2D eigenvalue weighted by atomic mass is 10.1. The van der Waals surface area contributed by atoms with Crippen LogP contribution in [0.15, 0.2) is 71.6 Å². The van der Waals surface area contributed by atoms with Crippen molar-refractivity contribution >= 4 is 50.7 Å². The van der Waals surface area contributed by atoms with Crippen LogP contribution in [-0.2, 0) is 26.2 Å². The Kier molecular flexibility index (Phi) is 10.8. The van der Waals surface area contributed by atoms with Gasteiger partial charge in [0.05, 0.1) is 17.2 Å². The number of ether oxygens (including phenoxy) is 1. The van der Waals surface area contributed by atoms with Crippen molar-refractivity contribution in [1.82, 2.24) is 10.2 Å². The Morgan fingerprint density at radius 2 is 1.55 bits per heavy atom. The molecule has 0 aliphatic carbocycles. The Labute approximate surface area is 245 Å². The zero-order chi connectivity index (χ0) is 29.4. The van der Waals surface area contributed by atoms with Gasteiger partial charge >= 0.3 is 0 Å². The molecule has 0 aliphatic heterocycles. The van der Waals surface area contributed by atoms with Crippen molar-refractivity contribution in [3.63, 3.8) is 0 Å². The van der Waals surface area contributed by atoms with E-state index in [1.165, 1.54) is 24.1 Å². The number of aryl methyl sites for hydroxylation is 1. The molecule has 0 heterocycles. The van der Waals surface area contributed by atoms with E-state index in [9.17, 15) is 18.0 Å². The van der Waals surface area contributed by atoms with Crippen LogP contribution in [0, 0.1) is 6.92 Å². The quantitative estimate of drug-likeness (QED) is 0.296. The van der Waals surface area contributed by atoms with E-state index in [2.05, 4.69) is 5.32 Å². The van der Waals surface area contributed by atoms with Gasteiger partial charge in [-0.25, -0.2) is 8.42 Å². The lowest BCUT2D eigenvalue weighted by Gasteiger charge is -2.33. The van der Waals surface area contributed by atoms with Gasteiger partial charge in [0.1, 0.15) is 18.3 Å². The molecule has 1 N–H and O–H groups in total. The van der Waals surface area contributed by atoms with Crippen LogP contribution in [0.25, 0.3) is 0 Å². The normalized spacial score (nSPS) is 11.9. The Balaban J connectivity index is 2.08. The Hall–Kier alpha value is -3.27. The molecule has 0 aromatic heterocycles. The molecule has 0 unspecified atom stereocenters. The average Bonchev–Trinajstić information content (AvgIpc) is 2.93. The van der Waals surface area contributed by atoms with Crippen molar-refractivity contribution in [2.24, 2.45) is 0 Å². The van der Waals surface area contributed by atoms with Gasteiger partial charge in [0, 0.05) is 29.2 Å². The summed E-state index contributed by atoms with van der Waals surface area (Å²) in [6.45, 7) is 5.26. The van der Waals surface area contributed by atoms with Crippen LogP contribution >= 0.6 is 23.2 Å². The molecule has 3 aromatic carbocycles. The molecule has 0 fully saturated rings. The SMILES string of the molecule is CCOc1ccc(S(=O)(=O)N(CC(=O)N(Cc2c(Cl)cccc2Cl)[C@@H](CC)C(=O)NC)c2ccc(C)cc2)cc1. The van der Waals surface area contributed by atoms with E-state index in [0.29, 0.717) is 33.7 Å². The third-order valence-electron chi connectivity index (χ3n) is 6.35. The number of nitrogens with zero attached hydrogens (tertiary/aromatic N) is 2. The number of rotatable bonds is 12. The summed E-state index contributed by atoms with van der Waals surface area (Å²) in [6.07, 6.45) is 0.281. The van der Waals surface area contributed by atoms with Crippen LogP contribution in [0.1, 0.15) is 31.4 Å². The number of anilines is 1. The van der Waals surface area contributed by atoms with E-state index in [-0.39, 0.29) is 17.9 Å². The zero-order valence-electron chi connectivity index (χ0n) is 22.9. The van der Waals surface area contributed by atoms with Crippen LogP contribution in [0.2, 0.25) is 10.0 Å². The second-order valence-electron chi connectivity index (χ2n) is 9.01. The van der Waals surface area contributed by atoms with Crippen LogP contribution < -0.4 is 14.4 Å². The van der Waals surface area contributed by atoms with Gasteiger partial charge in [-0.3, -0.25) is 13.9 Å². The molecule has 11 heteroatoms. The molecule has 0 aliphatic rings. The first-order valence-electron chi connectivity index (χ1n) is 12.8. The summed E-state index contributed by atoms with van der Waals surface area (Å²) < 4.78 is 34.4. The molecule has 0 bridgehead atoms. The predicted molar refractivity (Wildman–Crippen MR) is 158 cm³/mol. The van der Waals surface area contributed by atoms with E-state index in [4.69, 9.17) is 27.9 Å². The van der Waals surface area contributed by atoms with Crippen molar-refractivity contribution < 1.29 is 22.7 Å². The lowest BCUT2D eigenvalue weighted by molar-refractivity contribution is -0.140. The number of sulfonamides is 1. The monoisotopic (exact) mass is 605 g/mol. The lowest BCUT2D eigenvalue weighted by Crippen LogP contribution is -2.51. The summed E-state index contributed by atoms with van der Waals surface area (Å²) in [5.74, 6) is -0.463. The summed E-state index contributed by atoms with van der Waals surface area (Å²) in [5, 5.41) is 3.24. The molecule has 0 saturated carbocycles. The van der Waals surface area contributed by atoms with Gasteiger partial charge < -0.3 is 15.0 Å². The van der Waals surface area contributed by atoms with Crippen molar-refractivity contribution in [1.29, 1.82) is 0 Å². The number of carbonyl (C=O) groups is 2. The minimum atomic E-state index is -4.20. The molecule has 0 saturated heterocycles. The first kappa shape index (κ1) is 31.3. The highest BCUT2D eigenvalue weighted by atomic mass is 35.5. The molecule has 40 heavy (non-hydrogen) atoms. The van der Waals surface area contributed by atoms with Gasteiger partial charge in [-0.05, 0) is 68.8 Å². The predicted octanol–water partition coefficient (Wildman–Crippen LogP) is 5.45. The number of likely N-dealkylation sites (N-methyl/N-ethyl adjacent to an activating group) is 1. The average molecular weight is 607 g/mol. The summed E-state index contributed by atoms with van der Waals surface area (Å²) in [6, 6.07) is 16.9. The third-order valence-corrected chi connectivity index (χ3v) is 8.84. The van der Waals surface area contributed by atoms with E-state index < -0.39 is 34.4 Å². The Morgan fingerprint density at radius 3 is 2.08 bits per heavy atom. The molecule has 3 rings (SSSR count). The molecule has 214 valence electrons. The fourth-order valence-corrected chi connectivity index (χ4v) is 6.11. The number of benzene rings is 3. The fraction of sp³-hybridized carbons (Fsp3) is 0.310. The van der Waals surface area contributed by atoms with E-state index in [1.54, 1.807) is 61.5 Å². The third kappa shape index (κ3) is 7.27. The smallest absolute Gasteiger partial charge is 0.264 e. The number of carbonyl (C=O) groups excluding carboxylic acids is 2. The first-order valence-corrected chi connectivity index (χ1v) is 15.0. The molecule has 8 nitrogen and oxygen atoms in total.